The van der Waals surface area contributed by atoms with E-state index in [1.807, 2.05) is 0 Å². The molecule has 1 atom stereocenters. The number of piperazine rings is 1. The molecular formula is C17H20N3NaO7. The number of nitrogens with zero attached hydrogens (tertiary/aromatic N) is 3. The molecule has 28 heavy (non-hydrogen) atoms. The Balaban J connectivity index is 0.00000392. The number of amides is 2. The number of carboxylic acid groups (broad SMARTS) is 1. The molecule has 1 aliphatic heterocycles. The monoisotopic (exact) mass is 401 g/mol. The summed E-state index contributed by atoms with van der Waals surface area (Å²) in [4.78, 5) is 48.7. The number of non-ortho nitro benzene ring substituents is 1. The van der Waals surface area contributed by atoms with Gasteiger partial charge in [-0.1, -0.05) is 0 Å². The molecule has 10 nitrogen and oxygen atoms in total. The van der Waals surface area contributed by atoms with Crippen LogP contribution in [0.2, 0.25) is 0 Å². The van der Waals surface area contributed by atoms with Crippen molar-refractivity contribution >= 4 is 23.7 Å². The molecule has 146 valence electrons. The summed E-state index contributed by atoms with van der Waals surface area (Å²) in [6.45, 7) is 4.86. The number of carbonyl (C=O) groups excluding carboxylic acids is 3. The van der Waals surface area contributed by atoms with E-state index in [0.717, 1.165) is 17.0 Å². The molecule has 1 unspecified atom stereocenters. The van der Waals surface area contributed by atoms with E-state index in [2.05, 4.69) is 0 Å². The number of carbonyl (C=O) groups is 3. The summed E-state index contributed by atoms with van der Waals surface area (Å²) in [5, 5.41) is 22.2. The van der Waals surface area contributed by atoms with Gasteiger partial charge in [0.05, 0.1) is 16.9 Å². The zero-order valence-corrected chi connectivity index (χ0v) is 18.2. The Kier molecular flexibility index (Phi) is 7.97. The van der Waals surface area contributed by atoms with Gasteiger partial charge in [-0.05, 0) is 32.9 Å². The Morgan fingerprint density at radius 2 is 1.71 bits per heavy atom. The zero-order valence-electron chi connectivity index (χ0n) is 16.2. The van der Waals surface area contributed by atoms with E-state index in [-0.39, 0.29) is 60.4 Å². The molecule has 11 heteroatoms. The molecule has 0 bridgehead atoms. The van der Waals surface area contributed by atoms with Crippen molar-refractivity contribution in [2.75, 3.05) is 19.6 Å². The first-order valence-electron chi connectivity index (χ1n) is 8.24. The number of benzene rings is 1. The van der Waals surface area contributed by atoms with Gasteiger partial charge in [0, 0.05) is 37.3 Å². The predicted octanol–water partition coefficient (Wildman–Crippen LogP) is -2.59. The molecule has 1 aromatic rings. The minimum atomic E-state index is -1.50. The van der Waals surface area contributed by atoms with Gasteiger partial charge in [-0.15, -0.1) is 0 Å². The topological polar surface area (TPSA) is 133 Å². The normalized spacial score (nSPS) is 16.8. The van der Waals surface area contributed by atoms with Crippen molar-refractivity contribution in [2.45, 2.75) is 32.4 Å². The van der Waals surface area contributed by atoms with E-state index in [4.69, 9.17) is 4.74 Å². The molecular weight excluding hydrogens is 381 g/mol. The Morgan fingerprint density at radius 3 is 2.18 bits per heavy atom. The Hall–Kier alpha value is -2.17. The number of carboxylic acids is 1. The second-order valence-electron chi connectivity index (χ2n) is 7.06. The molecule has 1 fully saturated rings. The summed E-state index contributed by atoms with van der Waals surface area (Å²) in [5.41, 5.74) is -0.810. The molecule has 1 aromatic carbocycles. The summed E-state index contributed by atoms with van der Waals surface area (Å²) in [6.07, 6.45) is -0.670. The van der Waals surface area contributed by atoms with Crippen LogP contribution in [0, 0.1) is 10.1 Å². The van der Waals surface area contributed by atoms with Crippen LogP contribution in [0.3, 0.4) is 0 Å². The minimum absolute atomic E-state index is 0. The summed E-state index contributed by atoms with van der Waals surface area (Å²) in [5.74, 6) is -2.11. The van der Waals surface area contributed by atoms with Crippen molar-refractivity contribution in [3.63, 3.8) is 0 Å². The van der Waals surface area contributed by atoms with Gasteiger partial charge in [-0.2, -0.15) is 0 Å². The Morgan fingerprint density at radius 1 is 1.14 bits per heavy atom. The van der Waals surface area contributed by atoms with Gasteiger partial charge < -0.3 is 24.4 Å². The van der Waals surface area contributed by atoms with Gasteiger partial charge in [0.1, 0.15) is 5.60 Å². The number of hydrogen-bond acceptors (Lipinski definition) is 7. The van der Waals surface area contributed by atoms with Crippen molar-refractivity contribution in [1.82, 2.24) is 9.80 Å². The molecule has 1 heterocycles. The van der Waals surface area contributed by atoms with Gasteiger partial charge in [-0.3, -0.25) is 14.9 Å². The molecule has 2 amide bonds. The summed E-state index contributed by atoms with van der Waals surface area (Å²) >= 11 is 0. The fraction of sp³-hybridized carbons (Fsp3) is 0.471. The minimum Gasteiger partial charge on any atom is -0.548 e. The average Bonchev–Trinajstić information content (AvgIpc) is 2.59. The Bertz CT molecular complexity index is 761. The van der Waals surface area contributed by atoms with E-state index in [1.54, 1.807) is 20.8 Å². The van der Waals surface area contributed by atoms with Crippen LogP contribution >= 0.6 is 0 Å². The van der Waals surface area contributed by atoms with Crippen molar-refractivity contribution in [3.05, 3.63) is 39.9 Å². The van der Waals surface area contributed by atoms with Crippen LogP contribution < -0.4 is 34.7 Å². The predicted molar refractivity (Wildman–Crippen MR) is 90.7 cm³/mol. The van der Waals surface area contributed by atoms with Gasteiger partial charge in [0.25, 0.3) is 11.6 Å². The third kappa shape index (κ3) is 5.91. The van der Waals surface area contributed by atoms with Crippen LogP contribution in [-0.2, 0) is 9.53 Å². The standard InChI is InChI=1S/C17H21N3O7.Na/c1-17(2,3)27-16(24)18-8-9-19(13(10-18)15(22)23)14(21)11-4-6-12(7-5-11)20(25)26;/h4-7,13H,8-10H2,1-3H3,(H,22,23);/q;+1/p-1. The second-order valence-corrected chi connectivity index (χ2v) is 7.06. The first-order chi connectivity index (χ1) is 12.5. The number of nitro groups is 1. The number of aliphatic carboxylic acids is 1. The molecule has 0 spiro atoms. The van der Waals surface area contributed by atoms with Gasteiger partial charge in [-0.25, -0.2) is 4.79 Å². The third-order valence-corrected chi connectivity index (χ3v) is 3.89. The van der Waals surface area contributed by atoms with Crippen molar-refractivity contribution < 1.29 is 58.7 Å². The number of hydrogen-bond donors (Lipinski definition) is 0. The molecule has 0 saturated carbocycles. The van der Waals surface area contributed by atoms with Crippen molar-refractivity contribution in [3.8, 4) is 0 Å². The maximum atomic E-state index is 12.6. The maximum Gasteiger partial charge on any atom is 1.00 e. The largest absolute Gasteiger partial charge is 1.00 e. The smallest absolute Gasteiger partial charge is 0.548 e. The molecule has 2 rings (SSSR count). The molecule has 0 aliphatic carbocycles. The zero-order chi connectivity index (χ0) is 20.4. The molecule has 1 aliphatic rings. The van der Waals surface area contributed by atoms with E-state index in [1.165, 1.54) is 17.0 Å². The van der Waals surface area contributed by atoms with Crippen LogP contribution in [0.15, 0.2) is 24.3 Å². The quantitative estimate of drug-likeness (QED) is 0.308. The van der Waals surface area contributed by atoms with E-state index in [0.29, 0.717) is 0 Å². The first kappa shape index (κ1) is 23.9. The van der Waals surface area contributed by atoms with Crippen LogP contribution in [-0.4, -0.2) is 64.0 Å². The van der Waals surface area contributed by atoms with E-state index in [9.17, 15) is 29.6 Å². The van der Waals surface area contributed by atoms with Gasteiger partial charge in [0.15, 0.2) is 0 Å². The second kappa shape index (κ2) is 9.35. The summed E-state index contributed by atoms with van der Waals surface area (Å²) in [6, 6.07) is 3.49. The Labute approximate surface area is 183 Å². The van der Waals surface area contributed by atoms with Crippen LogP contribution in [0.25, 0.3) is 0 Å². The van der Waals surface area contributed by atoms with Gasteiger partial charge >= 0.3 is 35.7 Å². The fourth-order valence-electron chi connectivity index (χ4n) is 2.61. The molecule has 1 saturated heterocycles. The molecule has 0 N–H and O–H groups in total. The van der Waals surface area contributed by atoms with E-state index >= 15 is 0 Å². The van der Waals surface area contributed by atoms with Crippen LogP contribution in [0.1, 0.15) is 31.1 Å². The average molecular weight is 401 g/mol. The summed E-state index contributed by atoms with van der Waals surface area (Å²) in [7, 11) is 0. The van der Waals surface area contributed by atoms with Crippen molar-refractivity contribution in [1.29, 1.82) is 0 Å². The van der Waals surface area contributed by atoms with Crippen LogP contribution in [0.5, 0.6) is 0 Å². The van der Waals surface area contributed by atoms with Gasteiger partial charge in [0.2, 0.25) is 0 Å². The number of nitro benzene ring substituents is 1. The SMILES string of the molecule is CC(C)(C)OC(=O)N1CCN(C(=O)c2ccc([N+](=O)[O-])cc2)C(C(=O)[O-])C1.[Na+]. The first-order valence-corrected chi connectivity index (χ1v) is 8.24. The van der Waals surface area contributed by atoms with Crippen molar-refractivity contribution in [2.24, 2.45) is 0 Å². The molecule has 0 aromatic heterocycles. The van der Waals surface area contributed by atoms with E-state index < -0.39 is 34.5 Å². The van der Waals surface area contributed by atoms with Crippen LogP contribution in [0.4, 0.5) is 10.5 Å². The maximum absolute atomic E-state index is 12.6. The number of rotatable bonds is 3. The fourth-order valence-corrected chi connectivity index (χ4v) is 2.61. The summed E-state index contributed by atoms with van der Waals surface area (Å²) < 4.78 is 5.23. The molecule has 0 radical (unpaired) electrons. The number of ether oxygens (including phenoxy) is 1. The third-order valence-electron chi connectivity index (χ3n) is 3.89.